The molecule has 8 heteroatoms. The van der Waals surface area contributed by atoms with Crippen LogP contribution in [-0.2, 0) is 16.6 Å². The highest BCUT2D eigenvalue weighted by Gasteiger charge is 2.24. The minimum absolute atomic E-state index is 0.141. The number of hydrogen-bond acceptors (Lipinski definition) is 5. The lowest BCUT2D eigenvalue weighted by Gasteiger charge is -2.34. The Hall–Kier alpha value is -0.890. The third-order valence-electron chi connectivity index (χ3n) is 3.12. The number of hydrogen-bond donors (Lipinski definition) is 1. The van der Waals surface area contributed by atoms with Crippen LogP contribution in [0.15, 0.2) is 12.3 Å². The Balaban J connectivity index is 2.10. The Morgan fingerprint density at radius 2 is 2.00 bits per heavy atom. The van der Waals surface area contributed by atoms with E-state index in [4.69, 9.17) is 11.6 Å². The molecule has 1 aliphatic heterocycles. The zero-order valence-electron chi connectivity index (χ0n) is 10.6. The first-order chi connectivity index (χ1) is 8.91. The van der Waals surface area contributed by atoms with Crippen molar-refractivity contribution < 1.29 is 13.5 Å². The van der Waals surface area contributed by atoms with Crippen LogP contribution in [-0.4, -0.2) is 55.2 Å². The first-order valence-corrected chi connectivity index (χ1v) is 8.10. The zero-order chi connectivity index (χ0) is 14.0. The van der Waals surface area contributed by atoms with Crippen molar-refractivity contribution in [1.82, 2.24) is 9.29 Å². The predicted molar refractivity (Wildman–Crippen MR) is 73.8 cm³/mol. The van der Waals surface area contributed by atoms with E-state index in [9.17, 15) is 13.5 Å². The molecule has 1 aromatic heterocycles. The summed E-state index contributed by atoms with van der Waals surface area (Å²) in [4.78, 5) is 6.20. The summed E-state index contributed by atoms with van der Waals surface area (Å²) in [7, 11) is -3.13. The fraction of sp³-hybridized carbons (Fsp3) is 0.545. The first-order valence-electron chi connectivity index (χ1n) is 5.87. The number of aromatic nitrogens is 1. The lowest BCUT2D eigenvalue weighted by atomic mass is 10.2. The summed E-state index contributed by atoms with van der Waals surface area (Å²) in [5.41, 5.74) is 0.622. The molecule has 6 nitrogen and oxygen atoms in total. The molecule has 0 aliphatic carbocycles. The second kappa shape index (κ2) is 5.62. The molecule has 1 aromatic rings. The van der Waals surface area contributed by atoms with Crippen molar-refractivity contribution in [2.75, 3.05) is 37.3 Å². The molecule has 0 atom stereocenters. The molecule has 1 aliphatic rings. The molecular formula is C11H16ClN3O3S. The fourth-order valence-electron chi connectivity index (χ4n) is 2.01. The normalized spacial score (nSPS) is 17.7. The molecule has 0 radical (unpaired) electrons. The standard InChI is InChI=1S/C11H16ClN3O3S/c1-19(17,18)15-4-2-14(3-5-15)11-6-9(8-16)10(12)7-13-11/h6-7,16H,2-5,8H2,1H3. The largest absolute Gasteiger partial charge is 0.392 e. The number of nitrogens with zero attached hydrogens (tertiary/aromatic N) is 3. The van der Waals surface area contributed by atoms with Crippen LogP contribution in [0.3, 0.4) is 0 Å². The van der Waals surface area contributed by atoms with Gasteiger partial charge in [-0.25, -0.2) is 13.4 Å². The third-order valence-corrected chi connectivity index (χ3v) is 4.77. The van der Waals surface area contributed by atoms with E-state index in [2.05, 4.69) is 4.98 Å². The average molecular weight is 306 g/mol. The molecule has 0 bridgehead atoms. The van der Waals surface area contributed by atoms with Crippen molar-refractivity contribution in [2.45, 2.75) is 6.61 Å². The smallest absolute Gasteiger partial charge is 0.211 e. The van der Waals surface area contributed by atoms with Crippen molar-refractivity contribution in [3.8, 4) is 0 Å². The van der Waals surface area contributed by atoms with E-state index in [0.717, 1.165) is 0 Å². The molecular weight excluding hydrogens is 290 g/mol. The van der Waals surface area contributed by atoms with Crippen LogP contribution in [0.2, 0.25) is 5.02 Å². The zero-order valence-corrected chi connectivity index (χ0v) is 12.2. The molecule has 2 heterocycles. The molecule has 0 aromatic carbocycles. The summed E-state index contributed by atoms with van der Waals surface area (Å²) in [6, 6.07) is 1.73. The van der Waals surface area contributed by atoms with Gasteiger partial charge in [0.2, 0.25) is 10.0 Å². The van der Waals surface area contributed by atoms with Crippen LogP contribution in [0, 0.1) is 0 Å². The Labute approximate surface area is 117 Å². The number of pyridine rings is 1. The average Bonchev–Trinajstić information content (AvgIpc) is 2.38. The minimum atomic E-state index is -3.13. The molecule has 2 rings (SSSR count). The number of sulfonamides is 1. The minimum Gasteiger partial charge on any atom is -0.392 e. The van der Waals surface area contributed by atoms with Gasteiger partial charge in [0.15, 0.2) is 0 Å². The summed E-state index contributed by atoms with van der Waals surface area (Å²) >= 11 is 5.89. The van der Waals surface area contributed by atoms with Gasteiger partial charge in [0.05, 0.1) is 17.9 Å². The van der Waals surface area contributed by atoms with Gasteiger partial charge in [0.25, 0.3) is 0 Å². The van der Waals surface area contributed by atoms with Crippen LogP contribution in [0.5, 0.6) is 0 Å². The maximum absolute atomic E-state index is 11.4. The van der Waals surface area contributed by atoms with Gasteiger partial charge in [-0.2, -0.15) is 4.31 Å². The number of aliphatic hydroxyl groups excluding tert-OH is 1. The quantitative estimate of drug-likeness (QED) is 0.870. The van der Waals surface area contributed by atoms with Gasteiger partial charge in [-0.15, -0.1) is 0 Å². The predicted octanol–water partition coefficient (Wildman–Crippen LogP) is 0.309. The summed E-state index contributed by atoms with van der Waals surface area (Å²) in [5, 5.41) is 9.60. The Morgan fingerprint density at radius 3 is 2.53 bits per heavy atom. The van der Waals surface area contributed by atoms with E-state index >= 15 is 0 Å². The maximum Gasteiger partial charge on any atom is 0.211 e. The molecule has 19 heavy (non-hydrogen) atoms. The summed E-state index contributed by atoms with van der Waals surface area (Å²) in [5.74, 6) is 0.710. The van der Waals surface area contributed by atoms with E-state index in [1.54, 1.807) is 6.07 Å². The monoisotopic (exact) mass is 305 g/mol. The lowest BCUT2D eigenvalue weighted by molar-refractivity contribution is 0.282. The second-order valence-corrected chi connectivity index (χ2v) is 6.83. The van der Waals surface area contributed by atoms with Crippen molar-refractivity contribution >= 4 is 27.4 Å². The molecule has 0 amide bonds. The Morgan fingerprint density at radius 1 is 1.37 bits per heavy atom. The van der Waals surface area contributed by atoms with Gasteiger partial charge >= 0.3 is 0 Å². The van der Waals surface area contributed by atoms with Crippen LogP contribution in [0.25, 0.3) is 0 Å². The number of rotatable bonds is 3. The van der Waals surface area contributed by atoms with Gasteiger partial charge in [-0.1, -0.05) is 11.6 Å². The summed E-state index contributed by atoms with van der Waals surface area (Å²) in [6.45, 7) is 1.89. The number of anilines is 1. The van der Waals surface area contributed by atoms with E-state index < -0.39 is 10.0 Å². The Kier molecular flexibility index (Phi) is 4.29. The maximum atomic E-state index is 11.4. The summed E-state index contributed by atoms with van der Waals surface area (Å²) in [6.07, 6.45) is 2.72. The highest BCUT2D eigenvalue weighted by molar-refractivity contribution is 7.88. The van der Waals surface area contributed by atoms with Gasteiger partial charge in [-0.05, 0) is 6.07 Å². The van der Waals surface area contributed by atoms with Crippen LogP contribution in [0.1, 0.15) is 5.56 Å². The van der Waals surface area contributed by atoms with Crippen molar-refractivity contribution in [3.63, 3.8) is 0 Å². The SMILES string of the molecule is CS(=O)(=O)N1CCN(c2cc(CO)c(Cl)cn2)CC1. The van der Waals surface area contributed by atoms with E-state index in [1.807, 2.05) is 4.90 Å². The third kappa shape index (κ3) is 3.36. The van der Waals surface area contributed by atoms with Gasteiger partial charge in [0, 0.05) is 37.9 Å². The van der Waals surface area contributed by atoms with Gasteiger partial charge in [0.1, 0.15) is 5.82 Å². The van der Waals surface area contributed by atoms with Crippen molar-refractivity contribution in [2.24, 2.45) is 0 Å². The molecule has 1 N–H and O–H groups in total. The van der Waals surface area contributed by atoms with E-state index in [1.165, 1.54) is 16.8 Å². The summed E-state index contributed by atoms with van der Waals surface area (Å²) < 4.78 is 24.3. The van der Waals surface area contributed by atoms with Crippen LogP contribution in [0.4, 0.5) is 5.82 Å². The highest BCUT2D eigenvalue weighted by atomic mass is 35.5. The fourth-order valence-corrected chi connectivity index (χ4v) is 3.00. The van der Waals surface area contributed by atoms with Gasteiger partial charge in [-0.3, -0.25) is 0 Å². The number of halogens is 1. The van der Waals surface area contributed by atoms with Crippen LogP contribution < -0.4 is 4.90 Å². The topological polar surface area (TPSA) is 73.7 Å². The van der Waals surface area contributed by atoms with Gasteiger partial charge < -0.3 is 10.0 Å². The second-order valence-electron chi connectivity index (χ2n) is 4.44. The lowest BCUT2D eigenvalue weighted by Crippen LogP contribution is -2.48. The van der Waals surface area contributed by atoms with Crippen molar-refractivity contribution in [1.29, 1.82) is 0 Å². The number of piperazine rings is 1. The Bertz CT molecular complexity index is 556. The highest BCUT2D eigenvalue weighted by Crippen LogP contribution is 2.21. The molecule has 1 fully saturated rings. The first kappa shape index (κ1) is 14.5. The molecule has 0 saturated carbocycles. The molecule has 0 unspecified atom stereocenters. The molecule has 0 spiro atoms. The van der Waals surface area contributed by atoms with E-state index in [0.29, 0.717) is 42.6 Å². The van der Waals surface area contributed by atoms with Crippen LogP contribution >= 0.6 is 11.6 Å². The molecule has 106 valence electrons. The van der Waals surface area contributed by atoms with E-state index in [-0.39, 0.29) is 6.61 Å². The molecule has 1 saturated heterocycles. The van der Waals surface area contributed by atoms with Crippen molar-refractivity contribution in [3.05, 3.63) is 22.8 Å². The number of aliphatic hydroxyl groups is 1.